The zero-order valence-corrected chi connectivity index (χ0v) is 14.4. The molecule has 0 radical (unpaired) electrons. The summed E-state index contributed by atoms with van der Waals surface area (Å²) in [4.78, 5) is 9.56. The van der Waals surface area contributed by atoms with Gasteiger partial charge in [-0.3, -0.25) is 0 Å². The number of aliphatic imine (C=N–C) groups is 1. The van der Waals surface area contributed by atoms with Crippen molar-refractivity contribution in [3.05, 3.63) is 46.5 Å². The first kappa shape index (κ1) is 16.5. The number of hydrogen-bond acceptors (Lipinski definition) is 4. The van der Waals surface area contributed by atoms with Crippen molar-refractivity contribution in [2.24, 2.45) is 16.5 Å². The van der Waals surface area contributed by atoms with Crippen molar-refractivity contribution >= 4 is 39.4 Å². The lowest BCUT2D eigenvalue weighted by molar-refractivity contribution is 0.473. The lowest BCUT2D eigenvalue weighted by atomic mass is 9.71. The van der Waals surface area contributed by atoms with E-state index in [9.17, 15) is 5.26 Å². The zero-order valence-electron chi connectivity index (χ0n) is 11.8. The number of nitriles is 1. The zero-order chi connectivity index (χ0) is 14.9. The summed E-state index contributed by atoms with van der Waals surface area (Å²) in [7, 11) is 0. The van der Waals surface area contributed by atoms with Crippen molar-refractivity contribution in [3.8, 4) is 6.07 Å². The largest absolute Gasteiger partial charge is 0.370 e. The van der Waals surface area contributed by atoms with Gasteiger partial charge in [-0.2, -0.15) is 10.3 Å². The number of nitrogens with two attached hydrogens (primary N) is 2. The Balaban J connectivity index is 0.00000176. The highest BCUT2D eigenvalue weighted by molar-refractivity contribution is 8.93. The number of hydrogen-bond donors (Lipinski definition) is 2. The van der Waals surface area contributed by atoms with Gasteiger partial charge in [-0.05, 0) is 18.4 Å². The van der Waals surface area contributed by atoms with E-state index in [0.717, 1.165) is 29.0 Å². The number of rotatable bonds is 2. The Morgan fingerprint density at radius 1 is 1.32 bits per heavy atom. The van der Waals surface area contributed by atoms with E-state index in [1.807, 2.05) is 30.3 Å². The number of thiazole rings is 1. The van der Waals surface area contributed by atoms with Gasteiger partial charge in [0.25, 0.3) is 0 Å². The second-order valence-electron chi connectivity index (χ2n) is 5.14. The molecule has 0 unspecified atom stereocenters. The molecule has 0 bridgehead atoms. The summed E-state index contributed by atoms with van der Waals surface area (Å²) < 4.78 is 0. The third kappa shape index (κ3) is 2.98. The van der Waals surface area contributed by atoms with Crippen LogP contribution >= 0.6 is 28.3 Å². The van der Waals surface area contributed by atoms with Crippen molar-refractivity contribution in [1.82, 2.24) is 4.98 Å². The van der Waals surface area contributed by atoms with Gasteiger partial charge in [-0.15, -0.1) is 17.0 Å². The molecule has 1 aliphatic carbocycles. The summed E-state index contributed by atoms with van der Waals surface area (Å²) in [5, 5.41) is 10.3. The fourth-order valence-electron chi connectivity index (χ4n) is 2.72. The van der Waals surface area contributed by atoms with Crippen LogP contribution in [0.15, 0.2) is 35.3 Å². The number of aryl methyl sites for hydroxylation is 1. The van der Waals surface area contributed by atoms with Crippen LogP contribution in [0.2, 0.25) is 0 Å². The van der Waals surface area contributed by atoms with Crippen LogP contribution in [-0.4, -0.2) is 10.9 Å². The van der Waals surface area contributed by atoms with E-state index < -0.39 is 5.41 Å². The normalized spacial score (nSPS) is 19.4. The molecular weight excluding hydrogens is 362 g/mol. The molecule has 0 aliphatic heterocycles. The topological polar surface area (TPSA) is 101 Å². The Morgan fingerprint density at radius 2 is 2.05 bits per heavy atom. The van der Waals surface area contributed by atoms with Crippen LogP contribution < -0.4 is 11.5 Å². The van der Waals surface area contributed by atoms with Crippen LogP contribution in [0.1, 0.15) is 22.6 Å². The molecule has 2 aromatic rings. The van der Waals surface area contributed by atoms with Crippen molar-refractivity contribution in [1.29, 1.82) is 5.26 Å². The van der Waals surface area contributed by atoms with Crippen LogP contribution in [0.3, 0.4) is 0 Å². The fourth-order valence-corrected chi connectivity index (χ4v) is 3.83. The van der Waals surface area contributed by atoms with Crippen molar-refractivity contribution in [3.63, 3.8) is 0 Å². The molecule has 0 fully saturated rings. The maximum absolute atomic E-state index is 9.74. The molecule has 114 valence electrons. The Bertz CT molecular complexity index is 730. The molecular formula is C15H16BrN5S. The Labute approximate surface area is 143 Å². The summed E-state index contributed by atoms with van der Waals surface area (Å²) in [6, 6.07) is 12.5. The Kier molecular flexibility index (Phi) is 4.84. The molecule has 5 nitrogen and oxygen atoms in total. The Hall–Kier alpha value is -1.91. The molecule has 1 aromatic carbocycles. The second kappa shape index (κ2) is 6.46. The average molecular weight is 378 g/mol. The molecule has 7 heteroatoms. The van der Waals surface area contributed by atoms with Gasteiger partial charge in [-0.1, -0.05) is 41.7 Å². The maximum Gasteiger partial charge on any atom is 0.212 e. The highest BCUT2D eigenvalue weighted by Crippen LogP contribution is 2.41. The van der Waals surface area contributed by atoms with E-state index in [4.69, 9.17) is 11.5 Å². The first-order chi connectivity index (χ1) is 10.1. The minimum atomic E-state index is -0.476. The molecule has 4 N–H and O–H groups in total. The smallest absolute Gasteiger partial charge is 0.212 e. The maximum atomic E-state index is 9.74. The summed E-state index contributed by atoms with van der Waals surface area (Å²) in [5.74, 6) is 0.00991. The van der Waals surface area contributed by atoms with E-state index in [0.29, 0.717) is 11.6 Å². The van der Waals surface area contributed by atoms with Crippen molar-refractivity contribution in [2.75, 3.05) is 0 Å². The van der Waals surface area contributed by atoms with Gasteiger partial charge < -0.3 is 11.5 Å². The van der Waals surface area contributed by atoms with Crippen LogP contribution in [0.25, 0.3) is 0 Å². The minimum absolute atomic E-state index is 0. The molecule has 0 saturated carbocycles. The van der Waals surface area contributed by atoms with Crippen molar-refractivity contribution in [2.45, 2.75) is 24.7 Å². The van der Waals surface area contributed by atoms with Gasteiger partial charge >= 0.3 is 0 Å². The quantitative estimate of drug-likeness (QED) is 0.619. The van der Waals surface area contributed by atoms with E-state index in [1.165, 1.54) is 11.3 Å². The first-order valence-corrected chi connectivity index (χ1v) is 7.50. The number of aromatic nitrogens is 1. The van der Waals surface area contributed by atoms with Crippen molar-refractivity contribution < 1.29 is 0 Å². The molecule has 22 heavy (non-hydrogen) atoms. The lowest BCUT2D eigenvalue weighted by Crippen LogP contribution is -2.31. The van der Waals surface area contributed by atoms with E-state index >= 15 is 0 Å². The summed E-state index contributed by atoms with van der Waals surface area (Å²) in [6.45, 7) is 0. The molecule has 1 heterocycles. The predicted octanol–water partition coefficient (Wildman–Crippen LogP) is 2.58. The summed E-state index contributed by atoms with van der Waals surface area (Å²) >= 11 is 1.47. The predicted molar refractivity (Wildman–Crippen MR) is 93.7 cm³/mol. The number of guanidine groups is 1. The van der Waals surface area contributed by atoms with E-state index in [2.05, 4.69) is 16.0 Å². The summed E-state index contributed by atoms with van der Waals surface area (Å²) in [5.41, 5.74) is 12.4. The van der Waals surface area contributed by atoms with Gasteiger partial charge in [-0.25, -0.2) is 4.98 Å². The van der Waals surface area contributed by atoms with Crippen LogP contribution in [0, 0.1) is 11.3 Å². The average Bonchev–Trinajstić information content (AvgIpc) is 2.88. The fraction of sp³-hybridized carbons (Fsp3) is 0.267. The van der Waals surface area contributed by atoms with Gasteiger partial charge in [0.2, 0.25) is 5.13 Å². The molecule has 1 atom stereocenters. The third-order valence-corrected chi connectivity index (χ3v) is 4.77. The van der Waals surface area contributed by atoms with Gasteiger partial charge in [0, 0.05) is 11.3 Å². The lowest BCUT2D eigenvalue weighted by Gasteiger charge is -2.30. The van der Waals surface area contributed by atoms with E-state index in [1.54, 1.807) is 0 Å². The molecule has 0 amide bonds. The molecule has 1 aliphatic rings. The molecule has 1 aromatic heterocycles. The standard InChI is InChI=1S/C15H15N5S.BrH/c16-9-15(10-4-2-1-3-5-10)7-6-11-12(8-15)21-14(19-11)20-13(17)18;/h1-5H,6-8H2,(H4,17,18,19,20);1H/t15-;/m1./s1. The van der Waals surface area contributed by atoms with Crippen LogP contribution in [0.5, 0.6) is 0 Å². The molecule has 3 rings (SSSR count). The third-order valence-electron chi connectivity index (χ3n) is 3.78. The first-order valence-electron chi connectivity index (χ1n) is 6.68. The number of nitrogens with zero attached hydrogens (tertiary/aromatic N) is 3. The van der Waals surface area contributed by atoms with Crippen LogP contribution in [-0.2, 0) is 18.3 Å². The SMILES string of the molecule is Br.N#C[C@@]1(c2ccccc2)CCc2nc(N=C(N)N)sc2C1. The number of fused-ring (bicyclic) bond motifs is 1. The molecule has 0 saturated heterocycles. The Morgan fingerprint density at radius 3 is 2.68 bits per heavy atom. The van der Waals surface area contributed by atoms with Gasteiger partial charge in [0.05, 0.1) is 17.2 Å². The molecule has 0 spiro atoms. The van der Waals surface area contributed by atoms with Gasteiger partial charge in [0.15, 0.2) is 5.96 Å². The minimum Gasteiger partial charge on any atom is -0.370 e. The van der Waals surface area contributed by atoms with E-state index in [-0.39, 0.29) is 22.9 Å². The summed E-state index contributed by atoms with van der Waals surface area (Å²) in [6.07, 6.45) is 2.21. The number of halogens is 1. The highest BCUT2D eigenvalue weighted by atomic mass is 79.9. The number of benzene rings is 1. The monoisotopic (exact) mass is 377 g/mol. The second-order valence-corrected chi connectivity index (χ2v) is 6.20. The van der Waals surface area contributed by atoms with Gasteiger partial charge in [0.1, 0.15) is 0 Å². The van der Waals surface area contributed by atoms with Crippen LogP contribution in [0.4, 0.5) is 5.13 Å². The highest BCUT2D eigenvalue weighted by Gasteiger charge is 2.38.